The van der Waals surface area contributed by atoms with E-state index in [0.29, 0.717) is 0 Å². The van der Waals surface area contributed by atoms with Crippen LogP contribution in [0.25, 0.3) is 32.4 Å². The lowest BCUT2D eigenvalue weighted by molar-refractivity contribution is 0.0593. The van der Waals surface area contributed by atoms with Crippen LogP contribution in [-0.4, -0.2) is 82.8 Å². The van der Waals surface area contributed by atoms with Gasteiger partial charge >= 0.3 is 0 Å². The third kappa shape index (κ3) is 4.44. The van der Waals surface area contributed by atoms with Crippen molar-refractivity contribution in [3.63, 3.8) is 0 Å². The van der Waals surface area contributed by atoms with Crippen molar-refractivity contribution in [3.05, 3.63) is 41.4 Å². The van der Waals surface area contributed by atoms with Crippen molar-refractivity contribution in [2.45, 2.75) is 32.9 Å². The van der Waals surface area contributed by atoms with E-state index in [0.717, 1.165) is 87.3 Å². The molecule has 184 valence electrons. The summed E-state index contributed by atoms with van der Waals surface area (Å²) in [6, 6.07) is 8.57. The van der Waals surface area contributed by atoms with Crippen molar-refractivity contribution in [2.24, 2.45) is 0 Å². The highest BCUT2D eigenvalue weighted by Crippen LogP contribution is 2.38. The zero-order valence-electron chi connectivity index (χ0n) is 20.9. The second-order valence-electron chi connectivity index (χ2n) is 10.6. The molecule has 1 aromatic carbocycles. The van der Waals surface area contributed by atoms with E-state index in [-0.39, 0.29) is 5.54 Å². The predicted molar refractivity (Wildman–Crippen MR) is 144 cm³/mol. The lowest BCUT2D eigenvalue weighted by Gasteiger charge is -2.42. The van der Waals surface area contributed by atoms with Gasteiger partial charge in [-0.15, -0.1) is 11.3 Å². The molecule has 2 saturated heterocycles. The summed E-state index contributed by atoms with van der Waals surface area (Å²) in [4.78, 5) is 21.1. The minimum atomic E-state index is 0.232. The van der Waals surface area contributed by atoms with Gasteiger partial charge in [-0.2, -0.15) is 0 Å². The summed E-state index contributed by atoms with van der Waals surface area (Å²) in [7, 11) is 0. The van der Waals surface area contributed by atoms with Gasteiger partial charge < -0.3 is 14.6 Å². The fourth-order valence-corrected chi connectivity index (χ4v) is 6.26. The molecule has 0 amide bonds. The molecule has 0 unspecified atom stereocenters. The monoisotopic (exact) mass is 490 g/mol. The van der Waals surface area contributed by atoms with Crippen molar-refractivity contribution < 1.29 is 4.74 Å². The number of nitrogens with zero attached hydrogens (tertiary/aromatic N) is 5. The molecule has 2 fully saturated rings. The maximum Gasteiger partial charge on any atom is 0.226 e. The number of hydrogen-bond donors (Lipinski definition) is 1. The lowest BCUT2D eigenvalue weighted by atomic mass is 10.0. The number of piperazine rings is 1. The molecule has 0 radical (unpaired) electrons. The van der Waals surface area contributed by atoms with Crippen molar-refractivity contribution in [3.8, 4) is 11.3 Å². The van der Waals surface area contributed by atoms with E-state index in [1.807, 2.05) is 6.20 Å². The second kappa shape index (κ2) is 9.17. The van der Waals surface area contributed by atoms with E-state index in [2.05, 4.69) is 70.1 Å². The molecule has 4 aromatic rings. The SMILES string of the molecule is CC(C)(C)N1CCN(Cc2csc3c(-c4cccc5[nH]ccc45)nc(N4CCOCC4)nc23)CC1. The molecule has 0 saturated carbocycles. The largest absolute Gasteiger partial charge is 0.378 e. The van der Waals surface area contributed by atoms with E-state index in [4.69, 9.17) is 14.7 Å². The first-order chi connectivity index (χ1) is 17.0. The Morgan fingerprint density at radius 1 is 1.00 bits per heavy atom. The lowest BCUT2D eigenvalue weighted by Crippen LogP contribution is -2.53. The number of fused-ring (bicyclic) bond motifs is 2. The molecule has 0 aliphatic carbocycles. The maximum absolute atomic E-state index is 5.60. The van der Waals surface area contributed by atoms with Gasteiger partial charge in [-0.25, -0.2) is 9.97 Å². The van der Waals surface area contributed by atoms with E-state index in [9.17, 15) is 0 Å². The number of aromatic nitrogens is 3. The highest BCUT2D eigenvalue weighted by atomic mass is 32.1. The minimum Gasteiger partial charge on any atom is -0.378 e. The van der Waals surface area contributed by atoms with Crippen LogP contribution in [0.5, 0.6) is 0 Å². The van der Waals surface area contributed by atoms with Gasteiger partial charge in [0, 0.05) is 79.6 Å². The van der Waals surface area contributed by atoms with Crippen LogP contribution in [-0.2, 0) is 11.3 Å². The fourth-order valence-electron chi connectivity index (χ4n) is 5.26. The summed E-state index contributed by atoms with van der Waals surface area (Å²) in [6.45, 7) is 15.4. The van der Waals surface area contributed by atoms with Crippen molar-refractivity contribution in [2.75, 3.05) is 57.4 Å². The number of anilines is 1. The minimum absolute atomic E-state index is 0.232. The molecule has 0 atom stereocenters. The van der Waals surface area contributed by atoms with Crippen molar-refractivity contribution in [1.82, 2.24) is 24.8 Å². The Bertz CT molecular complexity index is 1320. The Balaban J connectivity index is 1.39. The Kier molecular flexibility index (Phi) is 6.00. The zero-order valence-corrected chi connectivity index (χ0v) is 21.7. The summed E-state index contributed by atoms with van der Waals surface area (Å²) in [5, 5.41) is 3.51. The Morgan fingerprint density at radius 2 is 1.80 bits per heavy atom. The number of benzene rings is 1. The highest BCUT2D eigenvalue weighted by Gasteiger charge is 2.27. The van der Waals surface area contributed by atoms with Crippen LogP contribution < -0.4 is 4.90 Å². The van der Waals surface area contributed by atoms with Crippen LogP contribution >= 0.6 is 11.3 Å². The standard InChI is InChI=1S/C27H34N6OS/c1-27(2,3)33-11-9-31(10-12-33)17-19-18-35-25-23(19)29-26(32-13-15-34-16-14-32)30-24(25)21-5-4-6-22-20(21)7-8-28-22/h4-8,18,28H,9-17H2,1-3H3. The molecule has 8 heteroatoms. The van der Waals surface area contributed by atoms with Gasteiger partial charge in [0.05, 0.1) is 29.1 Å². The molecule has 7 nitrogen and oxygen atoms in total. The summed E-state index contributed by atoms with van der Waals surface area (Å²) in [5.74, 6) is 0.820. The smallest absolute Gasteiger partial charge is 0.226 e. The molecular formula is C27H34N6OS. The average molecular weight is 491 g/mol. The van der Waals surface area contributed by atoms with Gasteiger partial charge in [0.25, 0.3) is 0 Å². The number of aromatic amines is 1. The number of ether oxygens (including phenoxy) is 1. The number of hydrogen-bond acceptors (Lipinski definition) is 7. The molecule has 3 aromatic heterocycles. The van der Waals surface area contributed by atoms with Gasteiger partial charge in [0.2, 0.25) is 5.95 Å². The van der Waals surface area contributed by atoms with E-state index < -0.39 is 0 Å². The van der Waals surface area contributed by atoms with E-state index in [1.165, 1.54) is 15.6 Å². The zero-order chi connectivity index (χ0) is 24.0. The first-order valence-corrected chi connectivity index (χ1v) is 13.5. The van der Waals surface area contributed by atoms with Crippen LogP contribution in [0.1, 0.15) is 26.3 Å². The Morgan fingerprint density at radius 3 is 2.57 bits per heavy atom. The number of rotatable bonds is 4. The average Bonchev–Trinajstić information content (AvgIpc) is 3.51. The number of H-pyrrole nitrogens is 1. The molecule has 0 spiro atoms. The summed E-state index contributed by atoms with van der Waals surface area (Å²) < 4.78 is 6.78. The number of thiophene rings is 1. The van der Waals surface area contributed by atoms with Crippen LogP contribution in [0.3, 0.4) is 0 Å². The third-order valence-corrected chi connectivity index (χ3v) is 8.36. The summed E-state index contributed by atoms with van der Waals surface area (Å²) in [5.41, 5.74) is 5.99. The second-order valence-corrected chi connectivity index (χ2v) is 11.5. The molecule has 2 aliphatic heterocycles. The summed E-state index contributed by atoms with van der Waals surface area (Å²) >= 11 is 1.78. The fraction of sp³-hybridized carbons (Fsp3) is 0.481. The molecule has 6 rings (SSSR count). The van der Waals surface area contributed by atoms with Gasteiger partial charge in [-0.1, -0.05) is 12.1 Å². The number of nitrogens with one attached hydrogen (secondary N) is 1. The predicted octanol–water partition coefficient (Wildman–Crippen LogP) is 4.59. The van der Waals surface area contributed by atoms with Gasteiger partial charge in [0.1, 0.15) is 0 Å². The third-order valence-electron chi connectivity index (χ3n) is 7.34. The maximum atomic E-state index is 5.60. The van der Waals surface area contributed by atoms with Crippen LogP contribution in [0.2, 0.25) is 0 Å². The van der Waals surface area contributed by atoms with E-state index in [1.54, 1.807) is 11.3 Å². The van der Waals surface area contributed by atoms with Gasteiger partial charge in [-0.05, 0) is 38.3 Å². The van der Waals surface area contributed by atoms with E-state index >= 15 is 0 Å². The molecule has 2 aliphatic rings. The molecule has 5 heterocycles. The number of morpholine rings is 1. The van der Waals surface area contributed by atoms with Gasteiger partial charge in [-0.3, -0.25) is 9.80 Å². The van der Waals surface area contributed by atoms with Crippen LogP contribution in [0, 0.1) is 0 Å². The molecular weight excluding hydrogens is 456 g/mol. The van der Waals surface area contributed by atoms with Gasteiger partial charge in [0.15, 0.2) is 0 Å². The van der Waals surface area contributed by atoms with Crippen LogP contribution in [0.15, 0.2) is 35.8 Å². The molecule has 0 bridgehead atoms. The first kappa shape index (κ1) is 22.9. The van der Waals surface area contributed by atoms with Crippen molar-refractivity contribution >= 4 is 38.4 Å². The highest BCUT2D eigenvalue weighted by molar-refractivity contribution is 7.17. The normalized spacial score (nSPS) is 18.7. The molecule has 35 heavy (non-hydrogen) atoms. The first-order valence-electron chi connectivity index (χ1n) is 12.6. The Hall–Kier alpha value is -2.52. The van der Waals surface area contributed by atoms with Crippen LogP contribution in [0.4, 0.5) is 5.95 Å². The Labute approximate surface area is 210 Å². The topological polar surface area (TPSA) is 60.5 Å². The summed E-state index contributed by atoms with van der Waals surface area (Å²) in [6.07, 6.45) is 2.01. The van der Waals surface area contributed by atoms with Crippen molar-refractivity contribution in [1.29, 1.82) is 0 Å². The quantitative estimate of drug-likeness (QED) is 0.451. The molecule has 1 N–H and O–H groups in total.